The number of aliphatic hydroxyl groups is 1. The zero-order chi connectivity index (χ0) is 12.8. The van der Waals surface area contributed by atoms with Gasteiger partial charge in [0.1, 0.15) is 5.75 Å². The van der Waals surface area contributed by atoms with E-state index < -0.39 is 6.10 Å². The van der Waals surface area contributed by atoms with Gasteiger partial charge in [-0.05, 0) is 25.3 Å². The van der Waals surface area contributed by atoms with Gasteiger partial charge in [-0.25, -0.2) is 0 Å². The van der Waals surface area contributed by atoms with Crippen LogP contribution in [0.25, 0.3) is 0 Å². The minimum absolute atomic E-state index is 0.462. The summed E-state index contributed by atoms with van der Waals surface area (Å²) in [5, 5.41) is 9.67. The Labute approximate surface area is 110 Å². The molecule has 0 aromatic heterocycles. The number of ether oxygens (including phenoxy) is 1. The monoisotopic (exact) mass is 248 g/mol. The predicted molar refractivity (Wildman–Crippen MR) is 73.8 cm³/mol. The van der Waals surface area contributed by atoms with Crippen molar-refractivity contribution in [1.82, 2.24) is 0 Å². The number of hydrogen-bond acceptors (Lipinski definition) is 2. The number of hydrogen-bond donors (Lipinski definition) is 1. The first-order valence-corrected chi connectivity index (χ1v) is 7.17. The van der Waals surface area contributed by atoms with Crippen molar-refractivity contribution >= 4 is 0 Å². The van der Waals surface area contributed by atoms with Crippen LogP contribution in [0.5, 0.6) is 5.75 Å². The van der Waals surface area contributed by atoms with Gasteiger partial charge < -0.3 is 9.84 Å². The van der Waals surface area contributed by atoms with Gasteiger partial charge in [0.15, 0.2) is 0 Å². The molecule has 18 heavy (non-hydrogen) atoms. The molecule has 1 aromatic carbocycles. The smallest absolute Gasteiger partial charge is 0.125 e. The normalized spacial score (nSPS) is 18.6. The van der Waals surface area contributed by atoms with Gasteiger partial charge in [0.05, 0.1) is 12.7 Å². The Kier molecular flexibility index (Phi) is 5.06. The summed E-state index contributed by atoms with van der Waals surface area (Å²) in [7, 11) is 0. The van der Waals surface area contributed by atoms with E-state index in [4.69, 9.17) is 4.74 Å². The average molecular weight is 248 g/mol. The molecule has 0 amide bonds. The number of para-hydroxylation sites is 1. The zero-order valence-corrected chi connectivity index (χ0v) is 11.3. The van der Waals surface area contributed by atoms with Gasteiger partial charge >= 0.3 is 0 Å². The van der Waals surface area contributed by atoms with Crippen LogP contribution in [0.3, 0.4) is 0 Å². The highest BCUT2D eigenvalue weighted by Crippen LogP contribution is 2.28. The highest BCUT2D eigenvalue weighted by Gasteiger charge is 2.14. The second kappa shape index (κ2) is 6.79. The van der Waals surface area contributed by atoms with E-state index in [0.29, 0.717) is 0 Å². The summed E-state index contributed by atoms with van der Waals surface area (Å²) in [6, 6.07) is 7.78. The number of rotatable bonds is 5. The maximum absolute atomic E-state index is 9.67. The summed E-state index contributed by atoms with van der Waals surface area (Å²) >= 11 is 0. The maximum Gasteiger partial charge on any atom is 0.125 e. The molecular weight excluding hydrogens is 224 g/mol. The van der Waals surface area contributed by atoms with Crippen molar-refractivity contribution in [2.75, 3.05) is 6.61 Å². The molecule has 1 aliphatic carbocycles. The molecule has 0 bridgehead atoms. The molecule has 2 nitrogen and oxygen atoms in total. The SMILES string of the molecule is C[C@H](O)c1ccccc1OCCC1CCCCC1. The second-order valence-electron chi connectivity index (χ2n) is 5.35. The first kappa shape index (κ1) is 13.4. The minimum Gasteiger partial charge on any atom is -0.493 e. The van der Waals surface area contributed by atoms with Crippen LogP contribution in [0.1, 0.15) is 57.1 Å². The number of benzene rings is 1. The summed E-state index contributed by atoms with van der Waals surface area (Å²) in [4.78, 5) is 0. The van der Waals surface area contributed by atoms with E-state index in [1.807, 2.05) is 24.3 Å². The molecule has 1 aliphatic rings. The van der Waals surface area contributed by atoms with Gasteiger partial charge in [-0.1, -0.05) is 50.3 Å². The fourth-order valence-electron chi connectivity index (χ4n) is 2.77. The molecule has 1 atom stereocenters. The van der Waals surface area contributed by atoms with E-state index in [0.717, 1.165) is 30.3 Å². The van der Waals surface area contributed by atoms with Crippen molar-refractivity contribution in [3.63, 3.8) is 0 Å². The Balaban J connectivity index is 1.82. The van der Waals surface area contributed by atoms with Crippen LogP contribution in [0.4, 0.5) is 0 Å². The molecule has 1 N–H and O–H groups in total. The first-order chi connectivity index (χ1) is 8.77. The lowest BCUT2D eigenvalue weighted by atomic mass is 9.87. The lowest BCUT2D eigenvalue weighted by Gasteiger charge is -2.22. The molecule has 0 radical (unpaired) electrons. The first-order valence-electron chi connectivity index (χ1n) is 7.17. The summed E-state index contributed by atoms with van der Waals surface area (Å²) in [6.45, 7) is 2.55. The Morgan fingerprint density at radius 1 is 1.22 bits per heavy atom. The molecule has 0 unspecified atom stereocenters. The van der Waals surface area contributed by atoms with Crippen LogP contribution < -0.4 is 4.74 Å². The highest BCUT2D eigenvalue weighted by molar-refractivity contribution is 5.34. The van der Waals surface area contributed by atoms with Crippen molar-refractivity contribution < 1.29 is 9.84 Å². The Morgan fingerprint density at radius 2 is 1.94 bits per heavy atom. The van der Waals surface area contributed by atoms with Gasteiger partial charge in [-0.2, -0.15) is 0 Å². The van der Waals surface area contributed by atoms with Gasteiger partial charge in [-0.3, -0.25) is 0 Å². The van der Waals surface area contributed by atoms with Crippen LogP contribution in [0, 0.1) is 5.92 Å². The van der Waals surface area contributed by atoms with Crippen LogP contribution in [0.15, 0.2) is 24.3 Å². The van der Waals surface area contributed by atoms with Crippen molar-refractivity contribution in [3.8, 4) is 5.75 Å². The van der Waals surface area contributed by atoms with Crippen molar-refractivity contribution in [2.45, 2.75) is 51.6 Å². The summed E-state index contributed by atoms with van der Waals surface area (Å²) in [5.41, 5.74) is 0.890. The van der Waals surface area contributed by atoms with Gasteiger partial charge in [0.2, 0.25) is 0 Å². The van der Waals surface area contributed by atoms with E-state index in [1.54, 1.807) is 6.92 Å². The summed E-state index contributed by atoms with van der Waals surface area (Å²) in [5.74, 6) is 1.68. The fourth-order valence-corrected chi connectivity index (χ4v) is 2.77. The van der Waals surface area contributed by atoms with E-state index in [-0.39, 0.29) is 0 Å². The van der Waals surface area contributed by atoms with Gasteiger partial charge in [0.25, 0.3) is 0 Å². The van der Waals surface area contributed by atoms with Crippen molar-refractivity contribution in [2.24, 2.45) is 5.92 Å². The highest BCUT2D eigenvalue weighted by atomic mass is 16.5. The molecule has 1 saturated carbocycles. The molecule has 1 fully saturated rings. The molecule has 2 heteroatoms. The third-order valence-corrected chi connectivity index (χ3v) is 3.88. The van der Waals surface area contributed by atoms with E-state index >= 15 is 0 Å². The zero-order valence-electron chi connectivity index (χ0n) is 11.3. The van der Waals surface area contributed by atoms with Crippen molar-refractivity contribution in [1.29, 1.82) is 0 Å². The van der Waals surface area contributed by atoms with Crippen LogP contribution in [0.2, 0.25) is 0 Å². The molecule has 2 rings (SSSR count). The molecule has 0 saturated heterocycles. The van der Waals surface area contributed by atoms with Gasteiger partial charge in [-0.15, -0.1) is 0 Å². The van der Waals surface area contributed by atoms with E-state index in [2.05, 4.69) is 0 Å². The number of aliphatic hydroxyl groups excluding tert-OH is 1. The van der Waals surface area contributed by atoms with Crippen molar-refractivity contribution in [3.05, 3.63) is 29.8 Å². The average Bonchev–Trinajstić information content (AvgIpc) is 2.40. The topological polar surface area (TPSA) is 29.5 Å². The third kappa shape index (κ3) is 3.74. The molecule has 100 valence electrons. The Bertz CT molecular complexity index is 354. The largest absolute Gasteiger partial charge is 0.493 e. The Morgan fingerprint density at radius 3 is 2.67 bits per heavy atom. The third-order valence-electron chi connectivity index (χ3n) is 3.88. The van der Waals surface area contributed by atoms with E-state index in [9.17, 15) is 5.11 Å². The second-order valence-corrected chi connectivity index (χ2v) is 5.35. The molecular formula is C16H24O2. The van der Waals surface area contributed by atoms with Gasteiger partial charge in [0, 0.05) is 5.56 Å². The summed E-state index contributed by atoms with van der Waals surface area (Å²) in [6.07, 6.45) is 7.58. The molecule has 1 aromatic rings. The lowest BCUT2D eigenvalue weighted by Crippen LogP contribution is -2.11. The van der Waals surface area contributed by atoms with E-state index in [1.165, 1.54) is 32.1 Å². The quantitative estimate of drug-likeness (QED) is 0.850. The molecule has 0 aliphatic heterocycles. The standard InChI is InChI=1S/C16H24O2/c1-13(17)15-9-5-6-10-16(15)18-12-11-14-7-3-2-4-8-14/h5-6,9-10,13-14,17H,2-4,7-8,11-12H2,1H3/t13-/m0/s1. The predicted octanol–water partition coefficient (Wildman–Crippen LogP) is 4.09. The maximum atomic E-state index is 9.67. The fraction of sp³-hybridized carbons (Fsp3) is 0.625. The van der Waals surface area contributed by atoms with Crippen LogP contribution in [-0.2, 0) is 0 Å². The Hall–Kier alpha value is -1.02. The minimum atomic E-state index is -0.462. The van der Waals surface area contributed by atoms with Crippen LogP contribution in [-0.4, -0.2) is 11.7 Å². The molecule has 0 spiro atoms. The summed E-state index contributed by atoms with van der Waals surface area (Å²) < 4.78 is 5.84. The molecule has 0 heterocycles. The van der Waals surface area contributed by atoms with Crippen LogP contribution >= 0.6 is 0 Å². The lowest BCUT2D eigenvalue weighted by molar-refractivity contribution is 0.187.